The van der Waals surface area contributed by atoms with E-state index in [0.29, 0.717) is 12.8 Å². The van der Waals surface area contributed by atoms with E-state index in [1.807, 2.05) is 27.7 Å². The molecule has 0 fully saturated rings. The van der Waals surface area contributed by atoms with Gasteiger partial charge in [0.1, 0.15) is 0 Å². The van der Waals surface area contributed by atoms with Gasteiger partial charge in [0.2, 0.25) is 0 Å². The molecule has 0 spiro atoms. The van der Waals surface area contributed by atoms with Crippen molar-refractivity contribution in [1.82, 2.24) is 0 Å². The Morgan fingerprint density at radius 3 is 1.46 bits per heavy atom. The van der Waals surface area contributed by atoms with Crippen LogP contribution in [0.3, 0.4) is 0 Å². The topological polar surface area (TPSA) is 0 Å². The summed E-state index contributed by atoms with van der Waals surface area (Å²) in [4.78, 5) is 0. The molecule has 0 amide bonds. The third-order valence-corrected chi connectivity index (χ3v) is 3.19. The molecule has 80 valence electrons. The molecule has 0 rings (SSSR count). The highest BCUT2D eigenvalue weighted by atomic mass is 19.4. The lowest BCUT2D eigenvalue weighted by molar-refractivity contribution is -0.166. The van der Waals surface area contributed by atoms with Crippen molar-refractivity contribution in [1.29, 1.82) is 0 Å². The molecule has 0 aliphatic carbocycles. The van der Waals surface area contributed by atoms with Crippen LogP contribution in [0, 0.1) is 11.3 Å². The first kappa shape index (κ1) is 12.8. The maximum atomic E-state index is 12.3. The van der Waals surface area contributed by atoms with Crippen molar-refractivity contribution in [3.05, 3.63) is 0 Å². The predicted octanol–water partition coefficient (Wildman–Crippen LogP) is 4.40. The van der Waals surface area contributed by atoms with Crippen LogP contribution in [0.2, 0.25) is 0 Å². The first-order valence-corrected chi connectivity index (χ1v) is 4.84. The van der Waals surface area contributed by atoms with Gasteiger partial charge in [-0.05, 0) is 24.2 Å². The quantitative estimate of drug-likeness (QED) is 0.625. The minimum atomic E-state index is -4.03. The van der Waals surface area contributed by atoms with E-state index in [1.165, 1.54) is 0 Å². The number of halogens is 3. The van der Waals surface area contributed by atoms with Crippen LogP contribution in [0.25, 0.3) is 0 Å². The molecule has 0 aromatic heterocycles. The highest BCUT2D eigenvalue weighted by molar-refractivity contribution is 4.82. The van der Waals surface area contributed by atoms with Gasteiger partial charge in [-0.3, -0.25) is 0 Å². The van der Waals surface area contributed by atoms with E-state index in [0.717, 1.165) is 0 Å². The molecular weight excluding hydrogens is 177 g/mol. The van der Waals surface area contributed by atoms with Crippen LogP contribution in [0.4, 0.5) is 13.2 Å². The second-order valence-corrected chi connectivity index (χ2v) is 4.02. The highest BCUT2D eigenvalue weighted by Gasteiger charge is 2.41. The molecule has 0 aliphatic heterocycles. The summed E-state index contributed by atoms with van der Waals surface area (Å²) in [5.41, 5.74) is -0.557. The van der Waals surface area contributed by atoms with Crippen molar-refractivity contribution in [2.45, 2.75) is 53.1 Å². The van der Waals surface area contributed by atoms with Crippen molar-refractivity contribution in [3.63, 3.8) is 0 Å². The minimum Gasteiger partial charge on any atom is -0.171 e. The molecular formula is C10H19F3. The zero-order valence-corrected chi connectivity index (χ0v) is 8.83. The predicted molar refractivity (Wildman–Crippen MR) is 48.5 cm³/mol. The Labute approximate surface area is 78.5 Å². The van der Waals surface area contributed by atoms with Crippen molar-refractivity contribution in [3.8, 4) is 0 Å². The van der Waals surface area contributed by atoms with E-state index >= 15 is 0 Å². The largest absolute Gasteiger partial charge is 0.389 e. The van der Waals surface area contributed by atoms with Crippen molar-refractivity contribution in [2.75, 3.05) is 0 Å². The molecule has 0 atom stereocenters. The Balaban J connectivity index is 4.58. The Hall–Kier alpha value is -0.210. The van der Waals surface area contributed by atoms with Crippen LogP contribution in [0.15, 0.2) is 0 Å². The van der Waals surface area contributed by atoms with Gasteiger partial charge in [0, 0.05) is 6.42 Å². The zero-order valence-electron chi connectivity index (χ0n) is 8.83. The van der Waals surface area contributed by atoms with Gasteiger partial charge in [0.25, 0.3) is 0 Å². The van der Waals surface area contributed by atoms with Gasteiger partial charge in [-0.2, -0.15) is 13.2 Å². The lowest BCUT2D eigenvalue weighted by Gasteiger charge is -2.36. The summed E-state index contributed by atoms with van der Waals surface area (Å²) in [6.07, 6.45) is -3.48. The number of alkyl halides is 3. The molecule has 0 saturated carbocycles. The van der Waals surface area contributed by atoms with Crippen LogP contribution >= 0.6 is 0 Å². The van der Waals surface area contributed by atoms with Gasteiger partial charge in [-0.15, -0.1) is 0 Å². The lowest BCUT2D eigenvalue weighted by Crippen LogP contribution is -2.32. The summed E-state index contributed by atoms with van der Waals surface area (Å²) < 4.78 is 36.9. The average molecular weight is 196 g/mol. The van der Waals surface area contributed by atoms with E-state index in [4.69, 9.17) is 0 Å². The SMILES string of the molecule is CCC(CC)(CC(F)(F)F)C(C)C. The summed E-state index contributed by atoms with van der Waals surface area (Å²) >= 11 is 0. The summed E-state index contributed by atoms with van der Waals surface area (Å²) in [6.45, 7) is 7.43. The Kier molecular flexibility index (Phi) is 4.27. The second-order valence-electron chi connectivity index (χ2n) is 4.02. The van der Waals surface area contributed by atoms with Gasteiger partial charge in [0.15, 0.2) is 0 Å². The molecule has 0 heterocycles. The Morgan fingerprint density at radius 2 is 1.38 bits per heavy atom. The normalized spacial score (nSPS) is 13.8. The van der Waals surface area contributed by atoms with Crippen LogP contribution in [-0.4, -0.2) is 6.18 Å². The van der Waals surface area contributed by atoms with Crippen molar-refractivity contribution >= 4 is 0 Å². The van der Waals surface area contributed by atoms with Crippen molar-refractivity contribution < 1.29 is 13.2 Å². The van der Waals surface area contributed by atoms with E-state index in [9.17, 15) is 13.2 Å². The molecule has 3 heteroatoms. The summed E-state index contributed by atoms with van der Waals surface area (Å²) in [5, 5.41) is 0. The maximum Gasteiger partial charge on any atom is 0.389 e. The molecule has 0 N–H and O–H groups in total. The summed E-state index contributed by atoms with van der Waals surface area (Å²) in [7, 11) is 0. The monoisotopic (exact) mass is 196 g/mol. The third-order valence-electron chi connectivity index (χ3n) is 3.19. The number of hydrogen-bond donors (Lipinski definition) is 0. The molecule has 0 bridgehead atoms. The first-order chi connectivity index (χ1) is 5.77. The molecule has 0 aliphatic rings. The minimum absolute atomic E-state index is 0.0872. The standard InChI is InChI=1S/C10H19F3/c1-5-9(6-2,8(3)4)7-10(11,12)13/h8H,5-7H2,1-4H3. The van der Waals surface area contributed by atoms with E-state index < -0.39 is 18.0 Å². The van der Waals surface area contributed by atoms with E-state index in [-0.39, 0.29) is 5.92 Å². The molecule has 0 saturated heterocycles. The summed E-state index contributed by atoms with van der Waals surface area (Å²) in [5.74, 6) is 0.0872. The van der Waals surface area contributed by atoms with Gasteiger partial charge in [-0.1, -0.05) is 27.7 Å². The molecule has 0 radical (unpaired) electrons. The zero-order chi connectivity index (χ0) is 10.7. The van der Waals surface area contributed by atoms with Crippen molar-refractivity contribution in [2.24, 2.45) is 11.3 Å². The maximum absolute atomic E-state index is 12.3. The Bertz CT molecular complexity index is 143. The molecule has 13 heavy (non-hydrogen) atoms. The Morgan fingerprint density at radius 1 is 1.00 bits per heavy atom. The molecule has 0 nitrogen and oxygen atoms in total. The van der Waals surface area contributed by atoms with E-state index in [1.54, 1.807) is 0 Å². The highest BCUT2D eigenvalue weighted by Crippen LogP contribution is 2.44. The fourth-order valence-electron chi connectivity index (χ4n) is 1.92. The van der Waals surface area contributed by atoms with Gasteiger partial charge in [-0.25, -0.2) is 0 Å². The third kappa shape index (κ3) is 3.57. The van der Waals surface area contributed by atoms with Gasteiger partial charge in [0.05, 0.1) is 0 Å². The van der Waals surface area contributed by atoms with Gasteiger partial charge >= 0.3 is 6.18 Å². The molecule has 0 aromatic rings. The fraction of sp³-hybridized carbons (Fsp3) is 1.00. The number of rotatable bonds is 4. The second kappa shape index (κ2) is 4.34. The average Bonchev–Trinajstić information content (AvgIpc) is 1.98. The van der Waals surface area contributed by atoms with Crippen LogP contribution in [-0.2, 0) is 0 Å². The smallest absolute Gasteiger partial charge is 0.171 e. The van der Waals surface area contributed by atoms with Gasteiger partial charge < -0.3 is 0 Å². The molecule has 0 aromatic carbocycles. The first-order valence-electron chi connectivity index (χ1n) is 4.84. The van der Waals surface area contributed by atoms with E-state index in [2.05, 4.69) is 0 Å². The summed E-state index contributed by atoms with van der Waals surface area (Å²) in [6, 6.07) is 0. The lowest BCUT2D eigenvalue weighted by atomic mass is 9.70. The van der Waals surface area contributed by atoms with Crippen LogP contribution < -0.4 is 0 Å². The number of hydrogen-bond acceptors (Lipinski definition) is 0. The van der Waals surface area contributed by atoms with Crippen LogP contribution in [0.1, 0.15) is 47.0 Å². The fourth-order valence-corrected chi connectivity index (χ4v) is 1.92. The molecule has 0 unspecified atom stereocenters. The van der Waals surface area contributed by atoms with Crippen LogP contribution in [0.5, 0.6) is 0 Å².